The Hall–Kier alpha value is -4.19. The highest BCUT2D eigenvalue weighted by Crippen LogP contribution is 2.32. The van der Waals surface area contributed by atoms with Crippen LogP contribution < -0.4 is 10.1 Å². The van der Waals surface area contributed by atoms with E-state index in [2.05, 4.69) is 16.4 Å². The van der Waals surface area contributed by atoms with E-state index < -0.39 is 0 Å². The van der Waals surface area contributed by atoms with Gasteiger partial charge < -0.3 is 10.1 Å². The monoisotopic (exact) mass is 422 g/mol. The van der Waals surface area contributed by atoms with E-state index in [-0.39, 0.29) is 12.5 Å². The summed E-state index contributed by atoms with van der Waals surface area (Å²) in [5.41, 5.74) is 5.37. The number of ether oxygens (including phenoxy) is 1. The molecule has 2 aromatic heterocycles. The van der Waals surface area contributed by atoms with E-state index >= 15 is 0 Å². The van der Waals surface area contributed by atoms with Gasteiger partial charge in [0, 0.05) is 34.3 Å². The number of anilines is 1. The SMILES string of the molecule is COc1cccc(NC(=O)Cn2nc(-c3ccccc3)c3cnc4ccc(C)cc4c32)c1. The number of nitrogens with one attached hydrogen (secondary N) is 1. The Labute approximate surface area is 185 Å². The smallest absolute Gasteiger partial charge is 0.246 e. The number of aryl methyl sites for hydroxylation is 1. The maximum atomic E-state index is 12.9. The molecule has 0 saturated heterocycles. The molecule has 6 nitrogen and oxygen atoms in total. The predicted octanol–water partition coefficient (Wildman–Crippen LogP) is 5.21. The zero-order valence-electron chi connectivity index (χ0n) is 17.9. The van der Waals surface area contributed by atoms with Crippen LogP contribution in [0.15, 0.2) is 79.0 Å². The van der Waals surface area contributed by atoms with E-state index in [0.29, 0.717) is 11.4 Å². The van der Waals surface area contributed by atoms with Crippen LogP contribution in [0, 0.1) is 6.92 Å². The van der Waals surface area contributed by atoms with Crippen molar-refractivity contribution in [3.63, 3.8) is 0 Å². The van der Waals surface area contributed by atoms with Gasteiger partial charge in [0.15, 0.2) is 0 Å². The normalized spacial score (nSPS) is 11.1. The first-order valence-corrected chi connectivity index (χ1v) is 10.4. The lowest BCUT2D eigenvalue weighted by molar-refractivity contribution is -0.116. The quantitative estimate of drug-likeness (QED) is 0.422. The Bertz CT molecular complexity index is 1440. The first-order chi connectivity index (χ1) is 15.6. The number of carbonyl (C=O) groups excluding carboxylic acids is 1. The fourth-order valence-corrected chi connectivity index (χ4v) is 3.93. The van der Waals surface area contributed by atoms with Crippen molar-refractivity contribution in [1.29, 1.82) is 0 Å². The van der Waals surface area contributed by atoms with Crippen molar-refractivity contribution >= 4 is 33.4 Å². The Balaban J connectivity index is 1.61. The highest BCUT2D eigenvalue weighted by Gasteiger charge is 2.18. The number of nitrogens with zero attached hydrogens (tertiary/aromatic N) is 3. The van der Waals surface area contributed by atoms with Crippen molar-refractivity contribution in [2.75, 3.05) is 12.4 Å². The van der Waals surface area contributed by atoms with Gasteiger partial charge in [-0.3, -0.25) is 14.5 Å². The molecule has 2 heterocycles. The molecule has 5 aromatic rings. The first kappa shape index (κ1) is 19.8. The zero-order valence-corrected chi connectivity index (χ0v) is 17.9. The van der Waals surface area contributed by atoms with Gasteiger partial charge in [0.05, 0.1) is 18.1 Å². The second-order valence-electron chi connectivity index (χ2n) is 7.69. The average Bonchev–Trinajstić information content (AvgIpc) is 3.18. The van der Waals surface area contributed by atoms with Crippen LogP contribution in [0.25, 0.3) is 33.1 Å². The van der Waals surface area contributed by atoms with Crippen molar-refractivity contribution < 1.29 is 9.53 Å². The van der Waals surface area contributed by atoms with Crippen LogP contribution in [0.1, 0.15) is 5.56 Å². The summed E-state index contributed by atoms with van der Waals surface area (Å²) in [6.07, 6.45) is 1.85. The summed E-state index contributed by atoms with van der Waals surface area (Å²) in [7, 11) is 1.60. The predicted molar refractivity (Wildman–Crippen MR) is 127 cm³/mol. The second kappa shape index (κ2) is 8.15. The van der Waals surface area contributed by atoms with Crippen LogP contribution in [0.2, 0.25) is 0 Å². The molecule has 0 aliphatic carbocycles. The molecular weight excluding hydrogens is 400 g/mol. The Morgan fingerprint density at radius 2 is 1.84 bits per heavy atom. The van der Waals surface area contributed by atoms with Gasteiger partial charge in [-0.15, -0.1) is 0 Å². The summed E-state index contributed by atoms with van der Waals surface area (Å²) in [4.78, 5) is 17.6. The minimum atomic E-state index is -0.167. The second-order valence-corrected chi connectivity index (χ2v) is 7.69. The Morgan fingerprint density at radius 1 is 1.00 bits per heavy atom. The van der Waals surface area contributed by atoms with Crippen molar-refractivity contribution in [2.24, 2.45) is 0 Å². The lowest BCUT2D eigenvalue weighted by Crippen LogP contribution is -2.19. The lowest BCUT2D eigenvalue weighted by Gasteiger charge is -2.09. The van der Waals surface area contributed by atoms with E-state index in [1.165, 1.54) is 0 Å². The third-order valence-corrected chi connectivity index (χ3v) is 5.42. The molecule has 0 radical (unpaired) electrons. The molecular formula is C26H22N4O2. The van der Waals surface area contributed by atoms with Crippen LogP contribution in [-0.4, -0.2) is 27.8 Å². The van der Waals surface area contributed by atoms with E-state index in [1.807, 2.05) is 73.8 Å². The first-order valence-electron chi connectivity index (χ1n) is 10.4. The molecule has 158 valence electrons. The fraction of sp³-hybridized carbons (Fsp3) is 0.115. The third-order valence-electron chi connectivity index (χ3n) is 5.42. The molecule has 1 N–H and O–H groups in total. The van der Waals surface area contributed by atoms with Crippen LogP contribution in [0.4, 0.5) is 5.69 Å². The fourth-order valence-electron chi connectivity index (χ4n) is 3.93. The summed E-state index contributed by atoms with van der Waals surface area (Å²) in [6, 6.07) is 23.4. The number of rotatable bonds is 5. The molecule has 0 aliphatic rings. The maximum Gasteiger partial charge on any atom is 0.246 e. The molecule has 0 saturated carbocycles. The third kappa shape index (κ3) is 3.67. The van der Waals surface area contributed by atoms with Crippen LogP contribution in [-0.2, 0) is 11.3 Å². The molecule has 0 atom stereocenters. The van der Waals surface area contributed by atoms with Crippen molar-refractivity contribution in [3.8, 4) is 17.0 Å². The van der Waals surface area contributed by atoms with Crippen molar-refractivity contribution in [2.45, 2.75) is 13.5 Å². The van der Waals surface area contributed by atoms with Crippen LogP contribution in [0.3, 0.4) is 0 Å². The lowest BCUT2D eigenvalue weighted by atomic mass is 10.1. The number of hydrogen-bond acceptors (Lipinski definition) is 4. The number of hydrogen-bond donors (Lipinski definition) is 1. The summed E-state index contributed by atoms with van der Waals surface area (Å²) in [5.74, 6) is 0.520. The summed E-state index contributed by atoms with van der Waals surface area (Å²) >= 11 is 0. The Kier molecular flexibility index (Phi) is 5.03. The van der Waals surface area contributed by atoms with Gasteiger partial charge in [-0.1, -0.05) is 48.0 Å². The van der Waals surface area contributed by atoms with Gasteiger partial charge in [-0.25, -0.2) is 0 Å². The Morgan fingerprint density at radius 3 is 2.66 bits per heavy atom. The molecule has 0 spiro atoms. The largest absolute Gasteiger partial charge is 0.497 e. The number of pyridine rings is 1. The van der Waals surface area contributed by atoms with Gasteiger partial charge in [-0.2, -0.15) is 5.10 Å². The van der Waals surface area contributed by atoms with Crippen molar-refractivity contribution in [1.82, 2.24) is 14.8 Å². The summed E-state index contributed by atoms with van der Waals surface area (Å²) in [6.45, 7) is 2.13. The van der Waals surface area contributed by atoms with Gasteiger partial charge >= 0.3 is 0 Å². The van der Waals surface area contributed by atoms with E-state index in [1.54, 1.807) is 17.9 Å². The molecule has 5 rings (SSSR count). The molecule has 32 heavy (non-hydrogen) atoms. The minimum Gasteiger partial charge on any atom is -0.497 e. The van der Waals surface area contributed by atoms with E-state index in [9.17, 15) is 4.79 Å². The van der Waals surface area contributed by atoms with E-state index in [0.717, 1.165) is 38.6 Å². The molecule has 0 unspecified atom stereocenters. The van der Waals surface area contributed by atoms with E-state index in [4.69, 9.17) is 9.84 Å². The van der Waals surface area contributed by atoms with Crippen molar-refractivity contribution in [3.05, 3.63) is 84.6 Å². The standard InChI is InChI=1S/C26H22N4O2/c1-17-11-12-23-21(13-17)26-22(15-27-23)25(18-7-4-3-5-8-18)29-30(26)16-24(31)28-19-9-6-10-20(14-19)32-2/h3-15H,16H2,1-2H3,(H,28,31). The topological polar surface area (TPSA) is 69.0 Å². The number of fused-ring (bicyclic) bond motifs is 3. The molecule has 0 aliphatic heterocycles. The number of amides is 1. The molecule has 1 amide bonds. The summed E-state index contributed by atoms with van der Waals surface area (Å²) in [5, 5.41) is 9.69. The number of carbonyl (C=O) groups is 1. The highest BCUT2D eigenvalue weighted by molar-refractivity contribution is 6.08. The molecule has 0 fully saturated rings. The number of benzene rings is 3. The molecule has 0 bridgehead atoms. The van der Waals surface area contributed by atoms with Gasteiger partial charge in [0.2, 0.25) is 5.91 Å². The summed E-state index contributed by atoms with van der Waals surface area (Å²) < 4.78 is 7.02. The minimum absolute atomic E-state index is 0.0770. The van der Waals surface area contributed by atoms with Gasteiger partial charge in [0.1, 0.15) is 18.0 Å². The van der Waals surface area contributed by atoms with Crippen LogP contribution in [0.5, 0.6) is 5.75 Å². The maximum absolute atomic E-state index is 12.9. The average molecular weight is 422 g/mol. The molecule has 6 heteroatoms. The van der Waals surface area contributed by atoms with Crippen LogP contribution >= 0.6 is 0 Å². The zero-order chi connectivity index (χ0) is 22.1. The highest BCUT2D eigenvalue weighted by atomic mass is 16.5. The van der Waals surface area contributed by atoms with Gasteiger partial charge in [-0.05, 0) is 31.2 Å². The number of methoxy groups -OCH3 is 1. The van der Waals surface area contributed by atoms with Gasteiger partial charge in [0.25, 0.3) is 0 Å². The molecule has 3 aromatic carbocycles. The number of aromatic nitrogens is 3.